The molecule has 332 valence electrons. The Morgan fingerprint density at radius 1 is 0.593 bits per heavy atom. The Hall–Kier alpha value is -3.18. The first-order valence-electron chi connectivity index (χ1n) is 22.0. The molecular formula is C49H76O10. The molecule has 2 aliphatic heterocycles. The van der Waals surface area contributed by atoms with Gasteiger partial charge in [-0.25, -0.2) is 0 Å². The summed E-state index contributed by atoms with van der Waals surface area (Å²) in [5.74, 6) is 0.156. The number of carbonyl (C=O) groups excluding carboxylic acids is 2. The van der Waals surface area contributed by atoms with Gasteiger partial charge >= 0.3 is 11.9 Å². The third-order valence-corrected chi connectivity index (χ3v) is 11.6. The van der Waals surface area contributed by atoms with Crippen molar-refractivity contribution in [3.8, 4) is 11.5 Å². The Morgan fingerprint density at radius 3 is 1.24 bits per heavy atom. The second kappa shape index (κ2) is 20.1. The minimum Gasteiger partial charge on any atom is -0.507 e. The van der Waals surface area contributed by atoms with Gasteiger partial charge in [0.2, 0.25) is 0 Å². The van der Waals surface area contributed by atoms with Crippen LogP contribution in [0, 0.1) is 16.2 Å². The van der Waals surface area contributed by atoms with Crippen molar-refractivity contribution in [3.63, 3.8) is 0 Å². The number of rotatable bonds is 18. The van der Waals surface area contributed by atoms with E-state index in [9.17, 15) is 19.8 Å². The van der Waals surface area contributed by atoms with Crippen LogP contribution in [0.5, 0.6) is 11.5 Å². The molecule has 0 saturated carbocycles. The van der Waals surface area contributed by atoms with Crippen molar-refractivity contribution in [2.75, 3.05) is 39.6 Å². The minimum atomic E-state index is -0.595. The lowest BCUT2D eigenvalue weighted by Gasteiger charge is -2.48. The molecular weight excluding hydrogens is 749 g/mol. The summed E-state index contributed by atoms with van der Waals surface area (Å²) < 4.78 is 36.5. The molecule has 2 saturated heterocycles. The van der Waals surface area contributed by atoms with Crippen LogP contribution in [0.15, 0.2) is 24.3 Å². The zero-order valence-electron chi connectivity index (χ0n) is 38.4. The first kappa shape index (κ1) is 48.5. The largest absolute Gasteiger partial charge is 0.507 e. The van der Waals surface area contributed by atoms with Crippen LogP contribution in [0.2, 0.25) is 0 Å². The van der Waals surface area contributed by atoms with Gasteiger partial charge in [0.1, 0.15) is 24.7 Å². The normalized spacial score (nSPS) is 20.5. The van der Waals surface area contributed by atoms with Crippen molar-refractivity contribution in [1.29, 1.82) is 0 Å². The first-order valence-corrected chi connectivity index (χ1v) is 22.0. The van der Waals surface area contributed by atoms with E-state index in [2.05, 4.69) is 55.4 Å². The van der Waals surface area contributed by atoms with Crippen molar-refractivity contribution >= 4 is 11.9 Å². The maximum atomic E-state index is 13.0. The molecule has 2 aromatic rings. The van der Waals surface area contributed by atoms with Crippen molar-refractivity contribution in [3.05, 3.63) is 57.6 Å². The molecule has 10 nitrogen and oxygen atoms in total. The van der Waals surface area contributed by atoms with E-state index in [0.717, 1.165) is 71.9 Å². The van der Waals surface area contributed by atoms with Crippen LogP contribution in [-0.4, -0.2) is 74.4 Å². The number of carbonyl (C=O) groups is 2. The predicted molar refractivity (Wildman–Crippen MR) is 231 cm³/mol. The number of benzene rings is 2. The van der Waals surface area contributed by atoms with Crippen LogP contribution in [0.4, 0.5) is 0 Å². The zero-order chi connectivity index (χ0) is 43.8. The monoisotopic (exact) mass is 825 g/mol. The summed E-state index contributed by atoms with van der Waals surface area (Å²) in [6.45, 7) is 26.4. The molecule has 2 heterocycles. The second-order valence-electron chi connectivity index (χ2n) is 20.7. The first-order chi connectivity index (χ1) is 27.5. The Bertz CT molecular complexity index is 1570. The van der Waals surface area contributed by atoms with Crippen LogP contribution in [0.3, 0.4) is 0 Å². The number of unbranched alkanes of at least 4 members (excludes halogenated alkanes) is 2. The molecule has 0 atom stereocenters. The Morgan fingerprint density at radius 2 is 0.932 bits per heavy atom. The third kappa shape index (κ3) is 13.4. The molecule has 2 aliphatic rings. The summed E-state index contributed by atoms with van der Waals surface area (Å²) in [5.41, 5.74) is 3.61. The molecule has 10 heteroatoms. The molecule has 0 unspecified atom stereocenters. The number of aromatic hydroxyl groups is 2. The van der Waals surface area contributed by atoms with Crippen molar-refractivity contribution in [1.82, 2.24) is 0 Å². The Labute approximate surface area is 355 Å². The van der Waals surface area contributed by atoms with E-state index >= 15 is 0 Å². The summed E-state index contributed by atoms with van der Waals surface area (Å²) >= 11 is 0. The lowest BCUT2D eigenvalue weighted by atomic mass is 9.83. The predicted octanol–water partition coefficient (Wildman–Crippen LogP) is 9.81. The number of hydrogen-bond donors (Lipinski definition) is 2. The van der Waals surface area contributed by atoms with Crippen LogP contribution in [-0.2, 0) is 74.5 Å². The van der Waals surface area contributed by atoms with Crippen molar-refractivity contribution < 1.29 is 48.2 Å². The third-order valence-electron chi connectivity index (χ3n) is 11.6. The van der Waals surface area contributed by atoms with E-state index in [4.69, 9.17) is 28.4 Å². The topological polar surface area (TPSA) is 130 Å². The fourth-order valence-corrected chi connectivity index (χ4v) is 7.63. The lowest BCUT2D eigenvalue weighted by molar-refractivity contribution is -0.337. The van der Waals surface area contributed by atoms with E-state index in [1.165, 1.54) is 0 Å². The SMILES string of the molecule is CCCCc1cc(CCC(=O)OCC(C)(C)C2OCC3(CO2)COC(C(C)(C)COC(=O)CCc2cc(CCCC)c(O)c(C(C)(C)C)c2)OC3)cc(C(C)(C)C)c1O. The van der Waals surface area contributed by atoms with Gasteiger partial charge in [0, 0.05) is 23.7 Å². The Balaban J connectivity index is 1.21. The van der Waals surface area contributed by atoms with E-state index in [0.29, 0.717) is 50.8 Å². The van der Waals surface area contributed by atoms with Gasteiger partial charge in [-0.05, 0) is 82.7 Å². The molecule has 1 spiro atoms. The van der Waals surface area contributed by atoms with Crippen molar-refractivity contribution in [2.45, 2.75) is 171 Å². The maximum Gasteiger partial charge on any atom is 0.306 e. The molecule has 2 N–H and O–H groups in total. The highest BCUT2D eigenvalue weighted by Crippen LogP contribution is 2.40. The maximum absolute atomic E-state index is 13.0. The molecule has 0 aliphatic carbocycles. The number of hydrogen-bond acceptors (Lipinski definition) is 10. The highest BCUT2D eigenvalue weighted by Gasteiger charge is 2.48. The molecule has 0 amide bonds. The van der Waals surface area contributed by atoms with Crippen LogP contribution in [0.25, 0.3) is 0 Å². The number of ether oxygens (including phenoxy) is 6. The van der Waals surface area contributed by atoms with E-state index in [-0.39, 0.29) is 48.8 Å². The van der Waals surface area contributed by atoms with E-state index in [1.54, 1.807) is 0 Å². The summed E-state index contributed by atoms with van der Waals surface area (Å²) in [6, 6.07) is 8.10. The van der Waals surface area contributed by atoms with Gasteiger partial charge in [-0.3, -0.25) is 9.59 Å². The van der Waals surface area contributed by atoms with Gasteiger partial charge in [0.05, 0.1) is 31.8 Å². The zero-order valence-corrected chi connectivity index (χ0v) is 38.4. The average Bonchev–Trinajstić information content (AvgIpc) is 3.17. The molecule has 4 rings (SSSR count). The minimum absolute atomic E-state index is 0.142. The molecule has 0 bridgehead atoms. The van der Waals surface area contributed by atoms with Gasteiger partial charge in [-0.2, -0.15) is 0 Å². The smallest absolute Gasteiger partial charge is 0.306 e. The van der Waals surface area contributed by atoms with E-state index < -0.39 is 28.8 Å². The summed E-state index contributed by atoms with van der Waals surface area (Å²) in [6.07, 6.45) is 6.04. The van der Waals surface area contributed by atoms with Gasteiger partial charge in [0.25, 0.3) is 0 Å². The number of phenolic OH excluding ortho intramolecular Hbond substituents is 2. The number of phenols is 2. The van der Waals surface area contributed by atoms with Crippen LogP contribution in [0.1, 0.15) is 155 Å². The highest BCUT2D eigenvalue weighted by atomic mass is 16.7. The van der Waals surface area contributed by atoms with E-state index in [1.807, 2.05) is 52.0 Å². The molecule has 2 aromatic carbocycles. The molecule has 0 radical (unpaired) electrons. The lowest BCUT2D eigenvalue weighted by Crippen LogP contribution is -2.57. The van der Waals surface area contributed by atoms with Gasteiger partial charge in [-0.15, -0.1) is 0 Å². The quantitative estimate of drug-likeness (QED) is 0.140. The molecule has 59 heavy (non-hydrogen) atoms. The fourth-order valence-electron chi connectivity index (χ4n) is 7.63. The number of esters is 2. The van der Waals surface area contributed by atoms with Crippen LogP contribution >= 0.6 is 0 Å². The standard InChI is InChI=1S/C49H76O10/c1-13-15-17-35-23-33(25-37(41(35)52)45(3,4)5)19-21-39(50)54-27-47(9,10)43-56-29-49(30-57-43)31-58-44(59-32-49)48(11,12)28-55-40(51)22-20-34-24-36(18-16-14-2)42(53)38(26-34)46(6,7)8/h23-26,43-44,52-53H,13-22,27-32H2,1-12H3. The Kier molecular flexibility index (Phi) is 16.5. The van der Waals surface area contributed by atoms with Gasteiger partial charge in [-0.1, -0.05) is 120 Å². The second-order valence-corrected chi connectivity index (χ2v) is 20.7. The van der Waals surface area contributed by atoms with Crippen LogP contribution < -0.4 is 0 Å². The summed E-state index contributed by atoms with van der Waals surface area (Å²) in [4.78, 5) is 25.9. The van der Waals surface area contributed by atoms with Gasteiger partial charge < -0.3 is 38.6 Å². The average molecular weight is 825 g/mol. The highest BCUT2D eigenvalue weighted by molar-refractivity contribution is 5.70. The van der Waals surface area contributed by atoms with Gasteiger partial charge in [0.15, 0.2) is 12.6 Å². The number of aryl methyl sites for hydroxylation is 4. The van der Waals surface area contributed by atoms with Crippen molar-refractivity contribution in [2.24, 2.45) is 16.2 Å². The fraction of sp³-hybridized carbons (Fsp3) is 0.714. The molecule has 2 fully saturated rings. The summed E-state index contributed by atoms with van der Waals surface area (Å²) in [5, 5.41) is 21.9. The summed E-state index contributed by atoms with van der Waals surface area (Å²) in [7, 11) is 0. The molecule has 0 aromatic heterocycles.